The number of aryl methyl sites for hydroxylation is 2. The molecule has 0 radical (unpaired) electrons. The van der Waals surface area contributed by atoms with Crippen molar-refractivity contribution in [3.05, 3.63) is 34.3 Å². The molecule has 1 aromatic heterocycles. The molecule has 1 unspecified atom stereocenters. The summed E-state index contributed by atoms with van der Waals surface area (Å²) in [6.07, 6.45) is 3.54. The Morgan fingerprint density at radius 2 is 2.29 bits per heavy atom. The number of nitrogens with zero attached hydrogens (tertiary/aromatic N) is 1. The summed E-state index contributed by atoms with van der Waals surface area (Å²) in [5.41, 5.74) is 3.59. The van der Waals surface area contributed by atoms with Gasteiger partial charge in [-0.25, -0.2) is 4.98 Å². The van der Waals surface area contributed by atoms with Gasteiger partial charge in [0.25, 0.3) is 0 Å². The molecule has 2 aromatic rings. The Labute approximate surface area is 130 Å². The van der Waals surface area contributed by atoms with Crippen LogP contribution < -0.4 is 10.1 Å². The second-order valence-electron chi connectivity index (χ2n) is 5.54. The minimum absolute atomic E-state index is 0.474. The van der Waals surface area contributed by atoms with Gasteiger partial charge in [-0.15, -0.1) is 11.3 Å². The molecule has 112 valence electrons. The number of methoxy groups -OCH3 is 1. The van der Waals surface area contributed by atoms with Gasteiger partial charge in [0.05, 0.1) is 18.4 Å². The Morgan fingerprint density at radius 1 is 1.43 bits per heavy atom. The fraction of sp³-hybridized carbons (Fsp3) is 0.471. The summed E-state index contributed by atoms with van der Waals surface area (Å²) in [6.45, 7) is 5.25. The molecule has 1 aliphatic carbocycles. The van der Waals surface area contributed by atoms with Crippen molar-refractivity contribution in [2.45, 2.75) is 39.2 Å². The van der Waals surface area contributed by atoms with Crippen molar-refractivity contribution < 1.29 is 4.74 Å². The summed E-state index contributed by atoms with van der Waals surface area (Å²) in [4.78, 5) is 6.31. The average molecular weight is 302 g/mol. The lowest BCUT2D eigenvalue weighted by atomic mass is 9.98. The van der Waals surface area contributed by atoms with Crippen LogP contribution in [0.1, 0.15) is 41.9 Å². The molecule has 21 heavy (non-hydrogen) atoms. The second kappa shape index (κ2) is 6.16. The smallest absolute Gasteiger partial charge is 0.129 e. The van der Waals surface area contributed by atoms with Crippen LogP contribution in [0.5, 0.6) is 5.75 Å². The van der Waals surface area contributed by atoms with E-state index >= 15 is 0 Å². The number of hydrogen-bond donors (Lipinski definition) is 1. The zero-order valence-corrected chi connectivity index (χ0v) is 13.7. The van der Waals surface area contributed by atoms with Crippen LogP contribution in [0, 0.1) is 6.92 Å². The van der Waals surface area contributed by atoms with Crippen LogP contribution in [0.15, 0.2) is 18.2 Å². The first-order valence-electron chi connectivity index (χ1n) is 7.61. The van der Waals surface area contributed by atoms with Crippen molar-refractivity contribution in [3.63, 3.8) is 0 Å². The Hall–Kier alpha value is -1.39. The van der Waals surface area contributed by atoms with Gasteiger partial charge < -0.3 is 10.1 Å². The molecule has 0 saturated carbocycles. The lowest BCUT2D eigenvalue weighted by molar-refractivity contribution is 0.416. The van der Waals surface area contributed by atoms with Gasteiger partial charge in [0.15, 0.2) is 0 Å². The highest BCUT2D eigenvalue weighted by Crippen LogP contribution is 2.40. The number of fused-ring (bicyclic) bond motifs is 1. The van der Waals surface area contributed by atoms with Crippen LogP contribution in [-0.4, -0.2) is 18.6 Å². The number of rotatable bonds is 4. The summed E-state index contributed by atoms with van der Waals surface area (Å²) in [5.74, 6) is 0.918. The summed E-state index contributed by atoms with van der Waals surface area (Å²) >= 11 is 1.82. The normalized spacial score (nSPS) is 17.6. The SMILES string of the molecule is CCNC1CCCc2nc(-c3ccc(C)cc3OC)sc21. The highest BCUT2D eigenvalue weighted by atomic mass is 32.1. The summed E-state index contributed by atoms with van der Waals surface area (Å²) in [7, 11) is 1.73. The molecule has 1 atom stereocenters. The van der Waals surface area contributed by atoms with E-state index in [4.69, 9.17) is 9.72 Å². The van der Waals surface area contributed by atoms with Gasteiger partial charge in [0, 0.05) is 10.9 Å². The largest absolute Gasteiger partial charge is 0.496 e. The maximum atomic E-state index is 5.54. The molecule has 0 fully saturated rings. The monoisotopic (exact) mass is 302 g/mol. The standard InChI is InChI=1S/C17H22N2OS/c1-4-18-13-6-5-7-14-16(13)21-17(19-14)12-9-8-11(2)10-15(12)20-3/h8-10,13,18H,4-7H2,1-3H3. The molecular formula is C17H22N2OS. The molecule has 0 aliphatic heterocycles. The van der Waals surface area contributed by atoms with Crippen LogP contribution in [0.2, 0.25) is 0 Å². The molecule has 0 bridgehead atoms. The van der Waals surface area contributed by atoms with Crippen LogP contribution >= 0.6 is 11.3 Å². The molecule has 0 saturated heterocycles. The van der Waals surface area contributed by atoms with Gasteiger partial charge >= 0.3 is 0 Å². The van der Waals surface area contributed by atoms with Gasteiger partial charge in [-0.2, -0.15) is 0 Å². The van der Waals surface area contributed by atoms with Crippen LogP contribution in [0.3, 0.4) is 0 Å². The molecule has 1 aliphatic rings. The van der Waals surface area contributed by atoms with Gasteiger partial charge in [0.1, 0.15) is 10.8 Å². The van der Waals surface area contributed by atoms with Gasteiger partial charge in [-0.1, -0.05) is 13.0 Å². The molecule has 1 heterocycles. The van der Waals surface area contributed by atoms with Gasteiger partial charge in [-0.05, 0) is 50.4 Å². The Bertz CT molecular complexity index is 636. The second-order valence-corrected chi connectivity index (χ2v) is 6.57. The number of benzene rings is 1. The molecule has 4 heteroatoms. The maximum Gasteiger partial charge on any atom is 0.129 e. The topological polar surface area (TPSA) is 34.2 Å². The Balaban J connectivity index is 2.01. The van der Waals surface area contributed by atoms with E-state index in [1.807, 2.05) is 11.3 Å². The molecule has 1 N–H and O–H groups in total. The third-order valence-electron chi connectivity index (χ3n) is 3.99. The van der Waals surface area contributed by atoms with Crippen molar-refractivity contribution >= 4 is 11.3 Å². The average Bonchev–Trinajstić information content (AvgIpc) is 2.92. The third-order valence-corrected chi connectivity index (χ3v) is 5.23. The van der Waals surface area contributed by atoms with Crippen molar-refractivity contribution in [2.24, 2.45) is 0 Å². The minimum atomic E-state index is 0.474. The quantitative estimate of drug-likeness (QED) is 0.922. The first kappa shape index (κ1) is 14.5. The molecule has 1 aromatic carbocycles. The zero-order chi connectivity index (χ0) is 14.8. The number of nitrogens with one attached hydrogen (secondary N) is 1. The van der Waals surface area contributed by atoms with Crippen LogP contribution in [0.4, 0.5) is 0 Å². The first-order valence-corrected chi connectivity index (χ1v) is 8.42. The number of ether oxygens (including phenoxy) is 1. The fourth-order valence-corrected chi connectivity index (χ4v) is 4.20. The number of aromatic nitrogens is 1. The highest BCUT2D eigenvalue weighted by molar-refractivity contribution is 7.15. The van der Waals surface area contributed by atoms with Crippen molar-refractivity contribution in [3.8, 4) is 16.3 Å². The van der Waals surface area contributed by atoms with Gasteiger partial charge in [-0.3, -0.25) is 0 Å². The lowest BCUT2D eigenvalue weighted by Crippen LogP contribution is -2.23. The Morgan fingerprint density at radius 3 is 3.05 bits per heavy atom. The molecule has 3 rings (SSSR count). The van der Waals surface area contributed by atoms with E-state index in [0.29, 0.717) is 6.04 Å². The van der Waals surface area contributed by atoms with Crippen LogP contribution in [-0.2, 0) is 6.42 Å². The van der Waals surface area contributed by atoms with E-state index in [1.165, 1.54) is 29.0 Å². The summed E-state index contributed by atoms with van der Waals surface area (Å²) < 4.78 is 5.54. The predicted octanol–water partition coefficient (Wildman–Crippen LogP) is 4.11. The number of hydrogen-bond acceptors (Lipinski definition) is 4. The van der Waals surface area contributed by atoms with E-state index < -0.39 is 0 Å². The molecule has 3 nitrogen and oxygen atoms in total. The molecule has 0 spiro atoms. The first-order chi connectivity index (χ1) is 10.2. The van der Waals surface area contributed by atoms with E-state index in [-0.39, 0.29) is 0 Å². The molecule has 0 amide bonds. The van der Waals surface area contributed by atoms with E-state index in [9.17, 15) is 0 Å². The summed E-state index contributed by atoms with van der Waals surface area (Å²) in [6, 6.07) is 6.81. The molecular weight excluding hydrogens is 280 g/mol. The van der Waals surface area contributed by atoms with E-state index in [2.05, 4.69) is 37.4 Å². The van der Waals surface area contributed by atoms with Crippen LogP contribution in [0.25, 0.3) is 10.6 Å². The third kappa shape index (κ3) is 2.83. The highest BCUT2D eigenvalue weighted by Gasteiger charge is 2.25. The Kier molecular flexibility index (Phi) is 4.27. The summed E-state index contributed by atoms with van der Waals surface area (Å²) in [5, 5.41) is 4.67. The minimum Gasteiger partial charge on any atom is -0.496 e. The van der Waals surface area contributed by atoms with Crippen molar-refractivity contribution in [2.75, 3.05) is 13.7 Å². The van der Waals surface area contributed by atoms with E-state index in [1.54, 1.807) is 7.11 Å². The fourth-order valence-electron chi connectivity index (χ4n) is 2.95. The number of thiazole rings is 1. The zero-order valence-electron chi connectivity index (χ0n) is 12.9. The van der Waals surface area contributed by atoms with E-state index in [0.717, 1.165) is 29.3 Å². The lowest BCUT2D eigenvalue weighted by Gasteiger charge is -2.21. The maximum absolute atomic E-state index is 5.54. The predicted molar refractivity (Wildman–Crippen MR) is 88.2 cm³/mol. The van der Waals surface area contributed by atoms with Gasteiger partial charge in [0.2, 0.25) is 0 Å². The van der Waals surface area contributed by atoms with Crippen molar-refractivity contribution in [1.29, 1.82) is 0 Å². The van der Waals surface area contributed by atoms with Crippen molar-refractivity contribution in [1.82, 2.24) is 10.3 Å².